The Morgan fingerprint density at radius 3 is 2.47 bits per heavy atom. The van der Waals surface area contributed by atoms with Crippen LogP contribution in [0.3, 0.4) is 0 Å². The van der Waals surface area contributed by atoms with E-state index >= 15 is 0 Å². The highest BCUT2D eigenvalue weighted by Gasteiger charge is 2.33. The van der Waals surface area contributed by atoms with Crippen LogP contribution in [0.5, 0.6) is 0 Å². The van der Waals surface area contributed by atoms with Crippen LogP contribution in [-0.2, 0) is 6.18 Å². The number of hydrogen-bond donors (Lipinski definition) is 3. The molecular weight excluding hydrogens is 207 g/mol. The zero-order valence-corrected chi connectivity index (χ0v) is 7.94. The van der Waals surface area contributed by atoms with E-state index in [-0.39, 0.29) is 5.69 Å². The Balaban J connectivity index is 3.20. The third-order valence-electron chi connectivity index (χ3n) is 1.75. The van der Waals surface area contributed by atoms with E-state index in [1.54, 1.807) is 6.92 Å². The zero-order valence-electron chi connectivity index (χ0n) is 7.94. The number of nitrogens with two attached hydrogens (primary N) is 1. The lowest BCUT2D eigenvalue weighted by atomic mass is 10.1. The molecule has 1 aromatic carbocycles. The van der Waals surface area contributed by atoms with Crippen LogP contribution in [0.25, 0.3) is 0 Å². The largest absolute Gasteiger partial charge is 0.418 e. The fourth-order valence-corrected chi connectivity index (χ4v) is 1.15. The van der Waals surface area contributed by atoms with E-state index < -0.39 is 17.7 Å². The average molecular weight is 217 g/mol. The van der Waals surface area contributed by atoms with Crippen LogP contribution in [0.4, 0.5) is 18.9 Å². The van der Waals surface area contributed by atoms with Crippen molar-refractivity contribution in [3.05, 3.63) is 29.3 Å². The second-order valence-corrected chi connectivity index (χ2v) is 3.09. The fraction of sp³-hybridized carbons (Fsp3) is 0.222. The van der Waals surface area contributed by atoms with E-state index in [0.29, 0.717) is 5.56 Å². The number of hydrogen-bond acceptors (Lipinski definition) is 1. The van der Waals surface area contributed by atoms with Gasteiger partial charge < -0.3 is 11.1 Å². The monoisotopic (exact) mass is 217 g/mol. The summed E-state index contributed by atoms with van der Waals surface area (Å²) in [6.45, 7) is 1.56. The summed E-state index contributed by atoms with van der Waals surface area (Å²) in [5.74, 6) is -0.524. The van der Waals surface area contributed by atoms with Crippen molar-refractivity contribution in [1.82, 2.24) is 0 Å². The first kappa shape index (κ1) is 11.4. The van der Waals surface area contributed by atoms with Crippen LogP contribution in [0.1, 0.15) is 11.1 Å². The van der Waals surface area contributed by atoms with Gasteiger partial charge in [0.15, 0.2) is 5.96 Å². The molecule has 15 heavy (non-hydrogen) atoms. The first-order valence-corrected chi connectivity index (χ1v) is 4.09. The maximum absolute atomic E-state index is 12.5. The van der Waals surface area contributed by atoms with Crippen LogP contribution in [-0.4, -0.2) is 5.96 Å². The molecule has 0 atom stereocenters. The van der Waals surface area contributed by atoms with Crippen molar-refractivity contribution in [3.8, 4) is 0 Å². The van der Waals surface area contributed by atoms with Crippen molar-refractivity contribution in [2.75, 3.05) is 5.32 Å². The van der Waals surface area contributed by atoms with E-state index in [0.717, 1.165) is 6.07 Å². The van der Waals surface area contributed by atoms with Gasteiger partial charge in [-0.05, 0) is 19.1 Å². The van der Waals surface area contributed by atoms with Crippen LogP contribution in [0.2, 0.25) is 0 Å². The Morgan fingerprint density at radius 1 is 1.40 bits per heavy atom. The van der Waals surface area contributed by atoms with Crippen molar-refractivity contribution >= 4 is 11.6 Å². The van der Waals surface area contributed by atoms with Gasteiger partial charge in [0, 0.05) is 0 Å². The molecule has 0 fully saturated rings. The maximum atomic E-state index is 12.5. The van der Waals surface area contributed by atoms with Gasteiger partial charge in [0.2, 0.25) is 0 Å². The minimum absolute atomic E-state index is 0.208. The molecule has 0 saturated carbocycles. The van der Waals surface area contributed by atoms with Gasteiger partial charge in [0.1, 0.15) is 0 Å². The smallest absolute Gasteiger partial charge is 0.370 e. The lowest BCUT2D eigenvalue weighted by molar-refractivity contribution is -0.136. The van der Waals surface area contributed by atoms with Crippen molar-refractivity contribution in [3.63, 3.8) is 0 Å². The number of aryl methyl sites for hydroxylation is 1. The quantitative estimate of drug-likeness (QED) is 0.499. The van der Waals surface area contributed by atoms with Gasteiger partial charge in [-0.2, -0.15) is 13.2 Å². The zero-order chi connectivity index (χ0) is 11.6. The van der Waals surface area contributed by atoms with E-state index in [2.05, 4.69) is 5.32 Å². The predicted octanol–water partition coefficient (Wildman–Crippen LogP) is 2.32. The van der Waals surface area contributed by atoms with Gasteiger partial charge in [0.25, 0.3) is 0 Å². The summed E-state index contributed by atoms with van der Waals surface area (Å²) in [7, 11) is 0. The van der Waals surface area contributed by atoms with Gasteiger partial charge in [-0.3, -0.25) is 5.41 Å². The summed E-state index contributed by atoms with van der Waals surface area (Å²) in [5.41, 5.74) is 4.45. The minimum Gasteiger partial charge on any atom is -0.370 e. The number of rotatable bonds is 1. The molecule has 82 valence electrons. The van der Waals surface area contributed by atoms with Gasteiger partial charge in [-0.15, -0.1) is 0 Å². The summed E-state index contributed by atoms with van der Waals surface area (Å²) in [5, 5.41) is 9.03. The molecule has 4 N–H and O–H groups in total. The van der Waals surface area contributed by atoms with Crippen LogP contribution >= 0.6 is 0 Å². The highest BCUT2D eigenvalue weighted by molar-refractivity contribution is 5.90. The molecule has 3 nitrogen and oxygen atoms in total. The molecule has 0 aromatic heterocycles. The number of guanidine groups is 1. The van der Waals surface area contributed by atoms with Gasteiger partial charge in [0.05, 0.1) is 11.3 Å². The number of anilines is 1. The molecule has 0 aliphatic heterocycles. The second-order valence-electron chi connectivity index (χ2n) is 3.09. The molecule has 0 saturated heterocycles. The van der Waals surface area contributed by atoms with Crippen LogP contribution in [0, 0.1) is 12.3 Å². The third kappa shape index (κ3) is 2.87. The van der Waals surface area contributed by atoms with E-state index in [1.807, 2.05) is 0 Å². The lowest BCUT2D eigenvalue weighted by Gasteiger charge is -2.14. The highest BCUT2D eigenvalue weighted by Crippen LogP contribution is 2.35. The Kier molecular flexibility index (Phi) is 2.88. The Hall–Kier alpha value is -1.72. The van der Waals surface area contributed by atoms with Crippen molar-refractivity contribution in [2.45, 2.75) is 13.1 Å². The molecule has 0 aliphatic rings. The maximum Gasteiger partial charge on any atom is 0.418 e. The van der Waals surface area contributed by atoms with E-state index in [1.165, 1.54) is 12.1 Å². The lowest BCUT2D eigenvalue weighted by Crippen LogP contribution is -2.22. The molecule has 1 aromatic rings. The van der Waals surface area contributed by atoms with Crippen molar-refractivity contribution in [2.24, 2.45) is 5.73 Å². The summed E-state index contributed by atoms with van der Waals surface area (Å²) < 4.78 is 37.6. The number of alkyl halides is 3. The molecule has 0 spiro atoms. The van der Waals surface area contributed by atoms with Gasteiger partial charge in [-0.1, -0.05) is 11.6 Å². The number of halogens is 3. The SMILES string of the molecule is Cc1ccc(NC(=N)N)c(C(F)(F)F)c1. The predicted molar refractivity (Wildman–Crippen MR) is 51.7 cm³/mol. The van der Waals surface area contributed by atoms with Gasteiger partial charge >= 0.3 is 6.18 Å². The Bertz CT molecular complexity index is 385. The highest BCUT2D eigenvalue weighted by atomic mass is 19.4. The normalized spacial score (nSPS) is 11.2. The molecule has 0 amide bonds. The minimum atomic E-state index is -4.45. The summed E-state index contributed by atoms with van der Waals surface area (Å²) in [4.78, 5) is 0. The topological polar surface area (TPSA) is 61.9 Å². The van der Waals surface area contributed by atoms with E-state index in [9.17, 15) is 13.2 Å². The third-order valence-corrected chi connectivity index (χ3v) is 1.75. The number of nitrogens with one attached hydrogen (secondary N) is 2. The Labute approximate surface area is 84.6 Å². The summed E-state index contributed by atoms with van der Waals surface area (Å²) in [6.07, 6.45) is -4.45. The van der Waals surface area contributed by atoms with Crippen molar-refractivity contribution < 1.29 is 13.2 Å². The first-order chi connectivity index (χ1) is 6.80. The molecule has 0 heterocycles. The number of benzene rings is 1. The molecular formula is C9H10F3N3. The molecule has 0 unspecified atom stereocenters. The molecule has 0 aliphatic carbocycles. The summed E-state index contributed by atoms with van der Waals surface area (Å²) >= 11 is 0. The fourth-order valence-electron chi connectivity index (χ4n) is 1.15. The van der Waals surface area contributed by atoms with E-state index in [4.69, 9.17) is 11.1 Å². The van der Waals surface area contributed by atoms with Gasteiger partial charge in [-0.25, -0.2) is 0 Å². The molecule has 0 radical (unpaired) electrons. The molecule has 6 heteroatoms. The Morgan fingerprint density at radius 2 is 2.00 bits per heavy atom. The summed E-state index contributed by atoms with van der Waals surface area (Å²) in [6, 6.07) is 3.77. The molecule has 0 bridgehead atoms. The average Bonchev–Trinajstić information content (AvgIpc) is 2.05. The standard InChI is InChI=1S/C9H10F3N3/c1-5-2-3-7(15-8(13)14)6(4-5)9(10,11)12/h2-4H,1H3,(H4,13,14,15). The first-order valence-electron chi connectivity index (χ1n) is 4.09. The molecule has 1 rings (SSSR count). The van der Waals surface area contributed by atoms with Crippen LogP contribution < -0.4 is 11.1 Å². The van der Waals surface area contributed by atoms with Crippen LogP contribution in [0.15, 0.2) is 18.2 Å². The second kappa shape index (κ2) is 3.80. The van der Waals surface area contributed by atoms with Crippen molar-refractivity contribution in [1.29, 1.82) is 5.41 Å².